The molecule has 3 unspecified atom stereocenters. The maximum absolute atomic E-state index is 3.32. The summed E-state index contributed by atoms with van der Waals surface area (Å²) >= 11 is 0. The smallest absolute Gasteiger partial charge is 0.0250 e. The van der Waals surface area contributed by atoms with Crippen LogP contribution in [0.4, 0.5) is 0 Å². The Morgan fingerprint density at radius 2 is 2.00 bits per heavy atom. The summed E-state index contributed by atoms with van der Waals surface area (Å²) in [5.41, 5.74) is 0. The van der Waals surface area contributed by atoms with Crippen LogP contribution in [0.3, 0.4) is 0 Å². The predicted octanol–water partition coefficient (Wildman–Crippen LogP) is 2.44. The van der Waals surface area contributed by atoms with Crippen molar-refractivity contribution in [1.29, 1.82) is 0 Å². The molecule has 0 fully saturated rings. The first-order valence-electron chi connectivity index (χ1n) is 5.00. The minimum atomic E-state index is 0.605. The molecule has 0 heterocycles. The molecular weight excluding hydrogens is 146 g/mol. The van der Waals surface area contributed by atoms with Crippen LogP contribution in [-0.2, 0) is 0 Å². The van der Waals surface area contributed by atoms with E-state index in [1.54, 1.807) is 0 Å². The molecule has 1 N–H and O–H groups in total. The van der Waals surface area contributed by atoms with E-state index in [1.165, 1.54) is 6.42 Å². The molecule has 0 aromatic rings. The third kappa shape index (κ3) is 2.10. The van der Waals surface area contributed by atoms with Gasteiger partial charge in [-0.25, -0.2) is 0 Å². The molecule has 1 nitrogen and oxygen atoms in total. The second-order valence-electron chi connectivity index (χ2n) is 4.28. The van der Waals surface area contributed by atoms with Gasteiger partial charge in [0, 0.05) is 6.04 Å². The fourth-order valence-electron chi connectivity index (χ4n) is 2.13. The lowest BCUT2D eigenvalue weighted by Crippen LogP contribution is -2.33. The minimum absolute atomic E-state index is 0.605. The third-order valence-corrected chi connectivity index (χ3v) is 3.08. The number of hydrogen-bond acceptors (Lipinski definition) is 1. The van der Waals surface area contributed by atoms with Gasteiger partial charge in [-0.1, -0.05) is 32.9 Å². The highest BCUT2D eigenvalue weighted by atomic mass is 14.9. The summed E-state index contributed by atoms with van der Waals surface area (Å²) in [7, 11) is 2.04. The highest BCUT2D eigenvalue weighted by molar-refractivity contribution is 5.03. The van der Waals surface area contributed by atoms with Crippen molar-refractivity contribution in [1.82, 2.24) is 5.32 Å². The van der Waals surface area contributed by atoms with Gasteiger partial charge < -0.3 is 5.32 Å². The van der Waals surface area contributed by atoms with Crippen LogP contribution in [0.25, 0.3) is 0 Å². The van der Waals surface area contributed by atoms with Crippen LogP contribution in [0, 0.1) is 17.8 Å². The summed E-state index contributed by atoms with van der Waals surface area (Å²) < 4.78 is 0. The molecule has 0 spiro atoms. The lowest BCUT2D eigenvalue weighted by atomic mass is 9.76. The zero-order valence-corrected chi connectivity index (χ0v) is 8.67. The Kier molecular flexibility index (Phi) is 3.33. The summed E-state index contributed by atoms with van der Waals surface area (Å²) in [5.74, 6) is 2.42. The second kappa shape index (κ2) is 4.08. The lowest BCUT2D eigenvalue weighted by molar-refractivity contribution is 0.261. The number of hydrogen-bond donors (Lipinski definition) is 1. The van der Waals surface area contributed by atoms with Gasteiger partial charge in [0.05, 0.1) is 0 Å². The Morgan fingerprint density at radius 3 is 2.50 bits per heavy atom. The molecule has 1 rings (SSSR count). The second-order valence-corrected chi connectivity index (χ2v) is 4.28. The highest BCUT2D eigenvalue weighted by Gasteiger charge is 2.24. The molecule has 12 heavy (non-hydrogen) atoms. The molecule has 0 saturated carbocycles. The van der Waals surface area contributed by atoms with E-state index in [2.05, 4.69) is 38.2 Å². The number of allylic oxidation sites excluding steroid dienone is 1. The van der Waals surface area contributed by atoms with Crippen molar-refractivity contribution < 1.29 is 0 Å². The van der Waals surface area contributed by atoms with Crippen LogP contribution in [0.2, 0.25) is 0 Å². The van der Waals surface area contributed by atoms with Gasteiger partial charge >= 0.3 is 0 Å². The van der Waals surface area contributed by atoms with Crippen LogP contribution in [0.5, 0.6) is 0 Å². The Balaban J connectivity index is 2.60. The zero-order valence-electron chi connectivity index (χ0n) is 8.67. The minimum Gasteiger partial charge on any atom is -0.314 e. The molecule has 0 aromatic heterocycles. The van der Waals surface area contributed by atoms with Gasteiger partial charge in [0.25, 0.3) is 0 Å². The van der Waals surface area contributed by atoms with Crippen LogP contribution in [-0.4, -0.2) is 13.1 Å². The molecule has 0 bridgehead atoms. The van der Waals surface area contributed by atoms with Crippen molar-refractivity contribution in [3.05, 3.63) is 12.2 Å². The summed E-state index contributed by atoms with van der Waals surface area (Å²) in [6.45, 7) is 6.98. The van der Waals surface area contributed by atoms with E-state index in [0.717, 1.165) is 17.8 Å². The Labute approximate surface area is 76.2 Å². The van der Waals surface area contributed by atoms with Gasteiger partial charge in [0.15, 0.2) is 0 Å². The summed E-state index contributed by atoms with van der Waals surface area (Å²) in [6, 6.07) is 0.605. The molecule has 0 radical (unpaired) electrons. The van der Waals surface area contributed by atoms with Gasteiger partial charge in [0.2, 0.25) is 0 Å². The Morgan fingerprint density at radius 1 is 1.33 bits per heavy atom. The summed E-state index contributed by atoms with van der Waals surface area (Å²) in [5, 5.41) is 3.32. The average molecular weight is 167 g/mol. The van der Waals surface area contributed by atoms with Crippen molar-refractivity contribution in [2.24, 2.45) is 17.8 Å². The van der Waals surface area contributed by atoms with E-state index in [4.69, 9.17) is 0 Å². The number of likely N-dealkylation sites (N-methyl/N-ethyl adjacent to an activating group) is 1. The molecule has 3 atom stereocenters. The fourth-order valence-corrected chi connectivity index (χ4v) is 2.13. The zero-order chi connectivity index (χ0) is 9.14. The van der Waals surface area contributed by atoms with E-state index >= 15 is 0 Å². The molecule has 1 aliphatic rings. The summed E-state index contributed by atoms with van der Waals surface area (Å²) in [6.07, 6.45) is 5.96. The standard InChI is InChI=1S/C11H21N/c1-8(2)11-7-10(12-4)6-5-9(11)3/h5-6,8-12H,7H2,1-4H3. The number of nitrogens with one attached hydrogen (secondary N) is 1. The molecule has 0 aliphatic heterocycles. The van der Waals surface area contributed by atoms with E-state index in [0.29, 0.717) is 6.04 Å². The topological polar surface area (TPSA) is 12.0 Å². The van der Waals surface area contributed by atoms with Crippen LogP contribution in [0.1, 0.15) is 27.2 Å². The first-order valence-corrected chi connectivity index (χ1v) is 5.00. The number of rotatable bonds is 2. The molecule has 70 valence electrons. The molecule has 0 aromatic carbocycles. The maximum atomic E-state index is 3.32. The van der Waals surface area contributed by atoms with Crippen molar-refractivity contribution in [2.75, 3.05) is 7.05 Å². The predicted molar refractivity (Wildman–Crippen MR) is 54.1 cm³/mol. The van der Waals surface area contributed by atoms with E-state index in [1.807, 2.05) is 7.05 Å². The highest BCUT2D eigenvalue weighted by Crippen LogP contribution is 2.30. The lowest BCUT2D eigenvalue weighted by Gasteiger charge is -2.32. The normalized spacial score (nSPS) is 35.9. The van der Waals surface area contributed by atoms with Gasteiger partial charge in [0.1, 0.15) is 0 Å². The maximum Gasteiger partial charge on any atom is 0.0250 e. The quantitative estimate of drug-likeness (QED) is 0.623. The van der Waals surface area contributed by atoms with Gasteiger partial charge in [-0.3, -0.25) is 0 Å². The third-order valence-electron chi connectivity index (χ3n) is 3.08. The van der Waals surface area contributed by atoms with Crippen molar-refractivity contribution in [2.45, 2.75) is 33.2 Å². The largest absolute Gasteiger partial charge is 0.314 e. The molecule has 1 aliphatic carbocycles. The first kappa shape index (κ1) is 9.79. The van der Waals surface area contributed by atoms with Crippen LogP contribution < -0.4 is 5.32 Å². The van der Waals surface area contributed by atoms with Crippen LogP contribution in [0.15, 0.2) is 12.2 Å². The summed E-state index contributed by atoms with van der Waals surface area (Å²) in [4.78, 5) is 0. The average Bonchev–Trinajstić information content (AvgIpc) is 2.05. The first-order chi connectivity index (χ1) is 5.65. The van der Waals surface area contributed by atoms with E-state index in [-0.39, 0.29) is 0 Å². The Hall–Kier alpha value is -0.300. The van der Waals surface area contributed by atoms with E-state index < -0.39 is 0 Å². The van der Waals surface area contributed by atoms with Crippen molar-refractivity contribution >= 4 is 0 Å². The van der Waals surface area contributed by atoms with Crippen molar-refractivity contribution in [3.8, 4) is 0 Å². The fraction of sp³-hybridized carbons (Fsp3) is 0.818. The molecule has 0 amide bonds. The molecule has 1 heteroatoms. The van der Waals surface area contributed by atoms with Gasteiger partial charge in [-0.2, -0.15) is 0 Å². The molecular formula is C11H21N. The van der Waals surface area contributed by atoms with Crippen molar-refractivity contribution in [3.63, 3.8) is 0 Å². The van der Waals surface area contributed by atoms with Gasteiger partial charge in [-0.05, 0) is 31.2 Å². The van der Waals surface area contributed by atoms with E-state index in [9.17, 15) is 0 Å². The van der Waals surface area contributed by atoms with Gasteiger partial charge in [-0.15, -0.1) is 0 Å². The van der Waals surface area contributed by atoms with Crippen LogP contribution >= 0.6 is 0 Å². The molecule has 0 saturated heterocycles. The Bertz CT molecular complexity index is 160. The monoisotopic (exact) mass is 167 g/mol. The SMILES string of the molecule is CNC1C=CC(C)C(C(C)C)C1.